The van der Waals surface area contributed by atoms with E-state index in [4.69, 9.17) is 0 Å². The molecule has 0 atom stereocenters. The van der Waals surface area contributed by atoms with Crippen LogP contribution in [0, 0.1) is 55.4 Å². The molecule has 10 rings (SSSR count). The first-order valence-corrected chi connectivity index (χ1v) is 38.3. The van der Waals surface area contributed by atoms with E-state index < -0.39 is 0 Å². The van der Waals surface area contributed by atoms with E-state index in [2.05, 4.69) is 250 Å². The van der Waals surface area contributed by atoms with Crippen molar-refractivity contribution in [1.82, 2.24) is 0 Å². The van der Waals surface area contributed by atoms with Crippen LogP contribution in [-0.4, -0.2) is 120 Å². The van der Waals surface area contributed by atoms with Gasteiger partial charge in [0, 0.05) is 0 Å². The van der Waals surface area contributed by atoms with E-state index >= 15 is 0 Å². The van der Waals surface area contributed by atoms with Crippen LogP contribution in [0.4, 0.5) is 0 Å². The molecule has 0 nitrogen and oxygen atoms in total. The molecule has 0 aliphatic heterocycles. The third-order valence-electron chi connectivity index (χ3n) is 12.3. The molecule has 10 aromatic carbocycles. The molecular formula is C66H56Se8. The molecule has 0 unspecified atom stereocenters. The van der Waals surface area contributed by atoms with Crippen molar-refractivity contribution in [2.45, 2.75) is 55.4 Å². The molecule has 0 saturated carbocycles. The number of rotatable bonds is 16. The summed E-state index contributed by atoms with van der Waals surface area (Å²) >= 11 is 0.270. The summed E-state index contributed by atoms with van der Waals surface area (Å²) in [6.45, 7) is 17.9. The Hall–Kier alpha value is -3.38. The van der Waals surface area contributed by atoms with E-state index in [1.165, 1.54) is 80.2 Å². The predicted molar refractivity (Wildman–Crippen MR) is 334 cm³/mol. The summed E-state index contributed by atoms with van der Waals surface area (Å²) in [7, 11) is 0. The van der Waals surface area contributed by atoms with E-state index in [9.17, 15) is 0 Å². The van der Waals surface area contributed by atoms with Crippen molar-refractivity contribution in [2.24, 2.45) is 0 Å². The molecule has 0 heterocycles. The third-order valence-corrected chi connectivity index (χ3v) is 35.1. The second kappa shape index (κ2) is 24.9. The zero-order valence-electron chi connectivity index (χ0n) is 42.7. The third kappa shape index (κ3) is 13.5. The first kappa shape index (κ1) is 54.0. The van der Waals surface area contributed by atoms with Gasteiger partial charge >= 0.3 is 496 Å². The fourth-order valence-electron chi connectivity index (χ4n) is 8.08. The van der Waals surface area contributed by atoms with Crippen LogP contribution in [-0.2, 0) is 0 Å². The van der Waals surface area contributed by atoms with Gasteiger partial charge in [-0.2, -0.15) is 0 Å². The van der Waals surface area contributed by atoms with Gasteiger partial charge in [-0.15, -0.1) is 0 Å². The van der Waals surface area contributed by atoms with Gasteiger partial charge in [0.2, 0.25) is 0 Å². The number of aryl methyl sites for hydroxylation is 8. The summed E-state index contributed by atoms with van der Waals surface area (Å²) in [6, 6.07) is 76.8. The molecule has 0 spiro atoms. The SMILES string of the molecule is Cc1ccc([Se]c2c([Se]c3ccc(C)cc3)c([Se]c3ccc(C)cc3)c3c([Se]c4ccc(C)cc4)c([Se]c4ccc(C)cc4)c([Se]c4ccc(C)cc4)c([Se]c4ccc(C)cc4)c3c2[Se]c2ccc(C)cc2)cc1. The molecule has 8 heteroatoms. The maximum atomic E-state index is 2.45. The van der Waals surface area contributed by atoms with E-state index in [1.54, 1.807) is 46.5 Å². The van der Waals surface area contributed by atoms with Gasteiger partial charge in [-0.1, -0.05) is 0 Å². The molecule has 0 aromatic heterocycles. The van der Waals surface area contributed by atoms with Crippen LogP contribution in [0.1, 0.15) is 44.5 Å². The molecule has 0 N–H and O–H groups in total. The maximum absolute atomic E-state index is 2.45. The summed E-state index contributed by atoms with van der Waals surface area (Å²) < 4.78 is 24.7. The van der Waals surface area contributed by atoms with Gasteiger partial charge in [0.05, 0.1) is 0 Å². The Bertz CT molecular complexity index is 3070. The molecule has 10 aromatic rings. The molecule has 0 amide bonds. The van der Waals surface area contributed by atoms with Crippen molar-refractivity contribution in [1.29, 1.82) is 0 Å². The Labute approximate surface area is 490 Å². The van der Waals surface area contributed by atoms with Gasteiger partial charge in [-0.25, -0.2) is 0 Å². The molecule has 0 saturated heterocycles. The van der Waals surface area contributed by atoms with Crippen LogP contribution in [0.3, 0.4) is 0 Å². The van der Waals surface area contributed by atoms with Crippen LogP contribution in [0.5, 0.6) is 0 Å². The topological polar surface area (TPSA) is 0 Å². The van der Waals surface area contributed by atoms with Crippen molar-refractivity contribution >= 4 is 202 Å². The Morgan fingerprint density at radius 3 is 0.378 bits per heavy atom. The second-order valence-electron chi connectivity index (χ2n) is 18.7. The van der Waals surface area contributed by atoms with Crippen LogP contribution in [0.2, 0.25) is 0 Å². The Kier molecular flexibility index (Phi) is 18.2. The predicted octanol–water partition coefficient (Wildman–Crippen LogP) is 2.55. The minimum atomic E-state index is 0.0191. The number of fused-ring (bicyclic) bond motifs is 1. The van der Waals surface area contributed by atoms with Gasteiger partial charge in [-0.3, -0.25) is 0 Å². The zero-order valence-corrected chi connectivity index (χ0v) is 56.4. The molecule has 0 radical (unpaired) electrons. The number of hydrogen-bond donors (Lipinski definition) is 0. The zero-order chi connectivity index (χ0) is 51.3. The van der Waals surface area contributed by atoms with Gasteiger partial charge < -0.3 is 0 Å². The molecule has 74 heavy (non-hydrogen) atoms. The summed E-state index contributed by atoms with van der Waals surface area (Å²) in [6.07, 6.45) is 0. The fourth-order valence-corrected chi connectivity index (χ4v) is 31.5. The molecule has 368 valence electrons. The van der Waals surface area contributed by atoms with E-state index in [1.807, 2.05) is 0 Å². The van der Waals surface area contributed by atoms with Crippen LogP contribution >= 0.6 is 0 Å². The van der Waals surface area contributed by atoms with Gasteiger partial charge in [0.25, 0.3) is 0 Å². The Balaban J connectivity index is 1.45. The first-order valence-electron chi connectivity index (χ1n) is 24.6. The Morgan fingerprint density at radius 2 is 0.257 bits per heavy atom. The second-order valence-corrected chi connectivity index (χ2v) is 36.9. The number of benzene rings is 10. The quantitative estimate of drug-likeness (QED) is 0.131. The van der Waals surface area contributed by atoms with Crippen molar-refractivity contribution in [3.05, 3.63) is 239 Å². The monoisotopic (exact) mass is 1490 g/mol. The Morgan fingerprint density at radius 1 is 0.149 bits per heavy atom. The van der Waals surface area contributed by atoms with E-state index in [0.29, 0.717) is 0 Å². The van der Waals surface area contributed by atoms with Crippen LogP contribution in [0.25, 0.3) is 10.8 Å². The van der Waals surface area contributed by atoms with Crippen molar-refractivity contribution < 1.29 is 0 Å². The van der Waals surface area contributed by atoms with Crippen molar-refractivity contribution in [3.63, 3.8) is 0 Å². The summed E-state index contributed by atoms with van der Waals surface area (Å²) in [4.78, 5) is 0. The van der Waals surface area contributed by atoms with E-state index in [0.717, 1.165) is 0 Å². The normalized spacial score (nSPS) is 11.4. The van der Waals surface area contributed by atoms with Crippen LogP contribution < -0.4 is 71.4 Å². The van der Waals surface area contributed by atoms with E-state index in [-0.39, 0.29) is 120 Å². The minimum absolute atomic E-state index is 0.0191. The summed E-state index contributed by atoms with van der Waals surface area (Å²) in [5, 5.41) is 3.19. The van der Waals surface area contributed by atoms with Crippen molar-refractivity contribution in [2.75, 3.05) is 0 Å². The fraction of sp³-hybridized carbons (Fsp3) is 0.121. The molecule has 0 bridgehead atoms. The summed E-state index contributed by atoms with van der Waals surface area (Å²) in [5.41, 5.74) is 10.5. The van der Waals surface area contributed by atoms with Crippen molar-refractivity contribution in [3.8, 4) is 0 Å². The number of hydrogen-bond acceptors (Lipinski definition) is 0. The average Bonchev–Trinajstić information content (AvgIpc) is 3.41. The molecular weight excluding hydrogens is 1420 g/mol. The van der Waals surface area contributed by atoms with Gasteiger partial charge in [0.1, 0.15) is 0 Å². The molecule has 0 fully saturated rings. The van der Waals surface area contributed by atoms with Gasteiger partial charge in [-0.05, 0) is 0 Å². The molecule has 0 aliphatic rings. The van der Waals surface area contributed by atoms with Gasteiger partial charge in [0.15, 0.2) is 0 Å². The molecule has 0 aliphatic carbocycles. The standard InChI is InChI=1S/C66H56Se8/c1-41-9-25-49(26-10-41)67-59-57-58(61(69-51-29-13-43(3)14-30-51)64(72-54-35-19-46(6)20-36-54)63(59)71-53-33-17-45(5)18-34-53)62(70-52-31-15-44(4)16-32-52)66(74-56-39-23-48(8)24-40-56)65(73-55-37-21-47(7)22-38-55)60(57)68-50-27-11-42(2)12-28-50/h9-40H,1-8H3. The summed E-state index contributed by atoms with van der Waals surface area (Å²) in [5.74, 6) is 0. The van der Waals surface area contributed by atoms with Crippen LogP contribution in [0.15, 0.2) is 194 Å². The first-order chi connectivity index (χ1) is 35.9. The average molecular weight is 1480 g/mol.